The van der Waals surface area contributed by atoms with Gasteiger partial charge in [-0.15, -0.1) is 0 Å². The van der Waals surface area contributed by atoms with Crippen LogP contribution < -0.4 is 16.4 Å². The zero-order valence-electron chi connectivity index (χ0n) is 18.0. The fourth-order valence-electron chi connectivity index (χ4n) is 3.55. The van der Waals surface area contributed by atoms with Crippen molar-refractivity contribution in [3.05, 3.63) is 29.8 Å². The third kappa shape index (κ3) is 6.41. The maximum Gasteiger partial charge on any atom is 0.326 e. The van der Waals surface area contributed by atoms with Gasteiger partial charge in [0.1, 0.15) is 23.9 Å². The molecule has 5 unspecified atom stereocenters. The lowest BCUT2D eigenvalue weighted by atomic mass is 10.0. The number of nitrogens with zero attached hydrogens (tertiary/aromatic N) is 1. The van der Waals surface area contributed by atoms with Crippen molar-refractivity contribution in [2.24, 2.45) is 5.73 Å². The molecular weight excluding hydrogens is 420 g/mol. The molecule has 176 valence electrons. The van der Waals surface area contributed by atoms with Crippen molar-refractivity contribution in [1.82, 2.24) is 15.5 Å². The summed E-state index contributed by atoms with van der Waals surface area (Å²) in [5.41, 5.74) is 6.19. The van der Waals surface area contributed by atoms with Gasteiger partial charge >= 0.3 is 5.97 Å². The number of hydrogen-bond acceptors (Lipinski definition) is 7. The Morgan fingerprint density at radius 3 is 2.31 bits per heavy atom. The summed E-state index contributed by atoms with van der Waals surface area (Å²) in [4.78, 5) is 50.7. The first-order chi connectivity index (χ1) is 15.0. The van der Waals surface area contributed by atoms with E-state index in [1.807, 2.05) is 0 Å². The number of rotatable bonds is 9. The highest BCUT2D eigenvalue weighted by atomic mass is 16.4. The lowest BCUT2D eigenvalue weighted by Gasteiger charge is -2.28. The number of aliphatic hydroxyl groups excluding tert-OH is 1. The van der Waals surface area contributed by atoms with Crippen LogP contribution in [-0.4, -0.2) is 80.7 Å². The molecule has 7 N–H and O–H groups in total. The highest BCUT2D eigenvalue weighted by Crippen LogP contribution is 2.19. The summed E-state index contributed by atoms with van der Waals surface area (Å²) in [5, 5.41) is 33.7. The zero-order chi connectivity index (χ0) is 24.0. The van der Waals surface area contributed by atoms with Crippen molar-refractivity contribution in [3.63, 3.8) is 0 Å². The monoisotopic (exact) mass is 450 g/mol. The maximum atomic E-state index is 12.8. The molecule has 3 amide bonds. The second-order valence-corrected chi connectivity index (χ2v) is 7.98. The molecule has 5 atom stereocenters. The van der Waals surface area contributed by atoms with E-state index in [9.17, 15) is 34.5 Å². The van der Waals surface area contributed by atoms with Gasteiger partial charge in [0.2, 0.25) is 17.7 Å². The quantitative estimate of drug-likeness (QED) is 0.268. The van der Waals surface area contributed by atoms with Crippen LogP contribution in [0.15, 0.2) is 24.3 Å². The van der Waals surface area contributed by atoms with Crippen LogP contribution in [0.2, 0.25) is 0 Å². The predicted molar refractivity (Wildman–Crippen MR) is 113 cm³/mol. The Labute approximate surface area is 185 Å². The number of likely N-dealkylation sites (tertiary alicyclic amines) is 1. The van der Waals surface area contributed by atoms with Gasteiger partial charge in [-0.1, -0.05) is 12.1 Å². The highest BCUT2D eigenvalue weighted by Gasteiger charge is 2.38. The van der Waals surface area contributed by atoms with Gasteiger partial charge in [-0.3, -0.25) is 14.4 Å². The molecule has 0 aliphatic carbocycles. The van der Waals surface area contributed by atoms with Gasteiger partial charge in [-0.05, 0) is 44.4 Å². The van der Waals surface area contributed by atoms with Gasteiger partial charge in [-0.25, -0.2) is 4.79 Å². The van der Waals surface area contributed by atoms with Crippen LogP contribution >= 0.6 is 0 Å². The number of nitrogens with one attached hydrogen (secondary N) is 2. The number of aliphatic carboxylic acids is 1. The first-order valence-electron chi connectivity index (χ1n) is 10.4. The number of carbonyl (C=O) groups excluding carboxylic acids is 3. The van der Waals surface area contributed by atoms with Crippen LogP contribution in [0.25, 0.3) is 0 Å². The average Bonchev–Trinajstić information content (AvgIpc) is 3.21. The Morgan fingerprint density at radius 1 is 1.16 bits per heavy atom. The standard InChI is InChI=1S/C21H30N4O7/c1-11(22)20(30)25-9-3-4-16(25)18(28)24-17(12(2)26)19(29)23-15(21(31)32)10-13-5-7-14(27)8-6-13/h5-8,11-12,15-17,26-27H,3-4,9-10,22H2,1-2H3,(H,23,29)(H,24,28)(H,31,32). The molecule has 2 rings (SSSR count). The van der Waals surface area contributed by atoms with Gasteiger partial charge in [0, 0.05) is 13.0 Å². The maximum absolute atomic E-state index is 12.8. The number of aliphatic hydroxyl groups is 1. The molecule has 0 aromatic heterocycles. The van der Waals surface area contributed by atoms with Gasteiger partial charge < -0.3 is 36.6 Å². The van der Waals surface area contributed by atoms with E-state index in [0.29, 0.717) is 24.9 Å². The zero-order valence-corrected chi connectivity index (χ0v) is 18.0. The molecule has 0 spiro atoms. The Morgan fingerprint density at radius 2 is 1.78 bits per heavy atom. The number of benzene rings is 1. The van der Waals surface area contributed by atoms with Crippen LogP contribution in [-0.2, 0) is 25.6 Å². The SMILES string of the molecule is CC(N)C(=O)N1CCCC1C(=O)NC(C(=O)NC(Cc1ccc(O)cc1)C(=O)O)C(C)O. The Hall–Kier alpha value is -3.18. The van der Waals surface area contributed by atoms with Crippen molar-refractivity contribution in [2.75, 3.05) is 6.54 Å². The normalized spacial score (nSPS) is 19.5. The highest BCUT2D eigenvalue weighted by molar-refractivity contribution is 5.94. The third-order valence-electron chi connectivity index (χ3n) is 5.28. The van der Waals surface area contributed by atoms with Gasteiger partial charge in [0.15, 0.2) is 0 Å². The molecule has 1 aromatic carbocycles. The molecule has 32 heavy (non-hydrogen) atoms. The van der Waals surface area contributed by atoms with E-state index in [2.05, 4.69) is 10.6 Å². The minimum atomic E-state index is -1.42. The Balaban J connectivity index is 2.08. The predicted octanol–water partition coefficient (Wildman–Crippen LogP) is -1.29. The van der Waals surface area contributed by atoms with Crippen molar-refractivity contribution in [1.29, 1.82) is 0 Å². The van der Waals surface area contributed by atoms with Crippen LogP contribution in [0.4, 0.5) is 0 Å². The van der Waals surface area contributed by atoms with Crippen molar-refractivity contribution in [3.8, 4) is 5.75 Å². The number of phenols is 1. The second-order valence-electron chi connectivity index (χ2n) is 7.98. The smallest absolute Gasteiger partial charge is 0.326 e. The number of amides is 3. The molecule has 1 aliphatic heterocycles. The molecule has 1 saturated heterocycles. The van der Waals surface area contributed by atoms with E-state index in [4.69, 9.17) is 5.73 Å². The first-order valence-corrected chi connectivity index (χ1v) is 10.4. The number of nitrogens with two attached hydrogens (primary N) is 1. The number of hydrogen-bond donors (Lipinski definition) is 6. The summed E-state index contributed by atoms with van der Waals surface area (Å²) < 4.78 is 0. The fourth-order valence-corrected chi connectivity index (χ4v) is 3.55. The summed E-state index contributed by atoms with van der Waals surface area (Å²) in [5.74, 6) is -3.16. The third-order valence-corrected chi connectivity index (χ3v) is 5.28. The Kier molecular flexibility index (Phi) is 8.56. The summed E-state index contributed by atoms with van der Waals surface area (Å²) >= 11 is 0. The molecular formula is C21H30N4O7. The van der Waals surface area contributed by atoms with E-state index in [1.165, 1.54) is 43.0 Å². The molecule has 1 heterocycles. The molecule has 11 heteroatoms. The average molecular weight is 450 g/mol. The second kappa shape index (κ2) is 10.9. The summed E-state index contributed by atoms with van der Waals surface area (Å²) in [6.45, 7) is 3.17. The molecule has 1 fully saturated rings. The van der Waals surface area contributed by atoms with Gasteiger partial charge in [0.05, 0.1) is 12.1 Å². The fraction of sp³-hybridized carbons (Fsp3) is 0.524. The van der Waals surface area contributed by atoms with Gasteiger partial charge in [-0.2, -0.15) is 0 Å². The molecule has 1 aliphatic rings. The lowest BCUT2D eigenvalue weighted by molar-refractivity contribution is -0.144. The van der Waals surface area contributed by atoms with Crippen molar-refractivity contribution >= 4 is 23.7 Å². The molecule has 0 radical (unpaired) electrons. The number of carboxylic acids is 1. The Bertz CT molecular complexity index is 841. The minimum absolute atomic E-state index is 0.0185. The minimum Gasteiger partial charge on any atom is -0.508 e. The summed E-state index contributed by atoms with van der Waals surface area (Å²) in [6, 6.07) is 1.48. The van der Waals surface area contributed by atoms with Crippen molar-refractivity contribution < 1.29 is 34.5 Å². The van der Waals surface area contributed by atoms with E-state index >= 15 is 0 Å². The van der Waals surface area contributed by atoms with Crippen LogP contribution in [0.3, 0.4) is 0 Å². The number of phenolic OH excluding ortho intramolecular Hbond substituents is 1. The van der Waals surface area contributed by atoms with Crippen molar-refractivity contribution in [2.45, 2.75) is 63.4 Å². The summed E-state index contributed by atoms with van der Waals surface area (Å²) in [6.07, 6.45) is -0.408. The largest absolute Gasteiger partial charge is 0.508 e. The van der Waals surface area contributed by atoms with Gasteiger partial charge in [0.25, 0.3) is 0 Å². The number of aromatic hydroxyl groups is 1. The van der Waals surface area contributed by atoms with E-state index in [-0.39, 0.29) is 18.1 Å². The first kappa shape index (κ1) is 25.1. The number of carboxylic acid groups (broad SMARTS) is 1. The molecule has 0 bridgehead atoms. The summed E-state index contributed by atoms with van der Waals surface area (Å²) in [7, 11) is 0. The molecule has 0 saturated carbocycles. The molecule has 11 nitrogen and oxygen atoms in total. The van der Waals surface area contributed by atoms with Crippen LogP contribution in [0.1, 0.15) is 32.3 Å². The van der Waals surface area contributed by atoms with Crippen LogP contribution in [0.5, 0.6) is 5.75 Å². The van der Waals surface area contributed by atoms with E-state index < -0.39 is 48.1 Å². The molecule has 1 aromatic rings. The van der Waals surface area contributed by atoms with E-state index in [0.717, 1.165) is 0 Å². The number of carbonyl (C=O) groups is 4. The van der Waals surface area contributed by atoms with Crippen LogP contribution in [0, 0.1) is 0 Å². The lowest BCUT2D eigenvalue weighted by Crippen LogP contribution is -2.59. The van der Waals surface area contributed by atoms with E-state index in [1.54, 1.807) is 0 Å². The topological polar surface area (TPSA) is 182 Å².